The Morgan fingerprint density at radius 2 is 1.66 bits per heavy atom. The predicted octanol–water partition coefficient (Wildman–Crippen LogP) is 5.07. The maximum absolute atomic E-state index is 12.6. The van der Waals surface area contributed by atoms with Crippen LogP contribution in [0.25, 0.3) is 0 Å². The van der Waals surface area contributed by atoms with Gasteiger partial charge in [0.2, 0.25) is 0 Å². The normalized spacial score (nSPS) is 16.6. The third-order valence-electron chi connectivity index (χ3n) is 5.94. The number of rotatable bonds is 9. The first kappa shape index (κ1) is 25.0. The molecule has 1 saturated heterocycles. The lowest BCUT2D eigenvalue weighted by atomic mass is 10.0. The van der Waals surface area contributed by atoms with Crippen LogP contribution in [-0.2, 0) is 17.8 Å². The summed E-state index contributed by atoms with van der Waals surface area (Å²) in [5.41, 5.74) is 2.10. The van der Waals surface area contributed by atoms with Crippen LogP contribution in [0.1, 0.15) is 27.9 Å². The molecule has 6 nitrogen and oxygen atoms in total. The summed E-state index contributed by atoms with van der Waals surface area (Å²) in [6.07, 6.45) is 1.17. The number of likely N-dealkylation sites (tertiary alicyclic amines) is 1. The van der Waals surface area contributed by atoms with Gasteiger partial charge in [0.1, 0.15) is 17.9 Å². The number of nitrogens with zero attached hydrogens (tertiary/aromatic N) is 1. The monoisotopic (exact) mass is 512 g/mol. The molecular formula is C27H26Cl2N2O4. The summed E-state index contributed by atoms with van der Waals surface area (Å²) < 4.78 is 6.14. The van der Waals surface area contributed by atoms with E-state index in [9.17, 15) is 14.7 Å². The minimum Gasteiger partial charge on any atom is -0.489 e. The van der Waals surface area contributed by atoms with E-state index in [1.807, 2.05) is 42.5 Å². The molecule has 0 aliphatic carbocycles. The summed E-state index contributed by atoms with van der Waals surface area (Å²) in [5.74, 6) is -1.04. The number of ether oxygens (including phenoxy) is 1. The average molecular weight is 513 g/mol. The third-order valence-corrected chi connectivity index (χ3v) is 6.57. The van der Waals surface area contributed by atoms with Crippen LogP contribution in [0.5, 0.6) is 5.75 Å². The lowest BCUT2D eigenvalue weighted by molar-refractivity contribution is -0.139. The van der Waals surface area contributed by atoms with Crippen molar-refractivity contribution in [3.05, 3.63) is 99.5 Å². The molecule has 182 valence electrons. The van der Waals surface area contributed by atoms with Crippen LogP contribution in [0.15, 0.2) is 72.8 Å². The number of carbonyl (C=O) groups is 2. The van der Waals surface area contributed by atoms with Crippen molar-refractivity contribution in [2.45, 2.75) is 31.5 Å². The first-order chi connectivity index (χ1) is 16.9. The van der Waals surface area contributed by atoms with Crippen molar-refractivity contribution >= 4 is 35.1 Å². The maximum atomic E-state index is 12.6. The summed E-state index contributed by atoms with van der Waals surface area (Å²) in [5, 5.41) is 12.5. The van der Waals surface area contributed by atoms with Crippen molar-refractivity contribution in [1.82, 2.24) is 10.2 Å². The van der Waals surface area contributed by atoms with Crippen LogP contribution in [0.3, 0.4) is 0 Å². The molecule has 0 unspecified atom stereocenters. The quantitative estimate of drug-likeness (QED) is 0.418. The zero-order chi connectivity index (χ0) is 24.8. The van der Waals surface area contributed by atoms with Crippen molar-refractivity contribution in [3.8, 4) is 5.75 Å². The van der Waals surface area contributed by atoms with Gasteiger partial charge in [-0.15, -0.1) is 0 Å². The smallest absolute Gasteiger partial charge is 0.326 e. The molecule has 0 spiro atoms. The third kappa shape index (κ3) is 6.75. The molecule has 2 atom stereocenters. The van der Waals surface area contributed by atoms with Gasteiger partial charge in [0.25, 0.3) is 5.91 Å². The average Bonchev–Trinajstić information content (AvgIpc) is 3.27. The number of amides is 1. The minimum atomic E-state index is -1.15. The van der Waals surface area contributed by atoms with Gasteiger partial charge >= 0.3 is 5.97 Å². The summed E-state index contributed by atoms with van der Waals surface area (Å²) in [6, 6.07) is 21.2. The molecule has 8 heteroatoms. The van der Waals surface area contributed by atoms with E-state index in [-0.39, 0.29) is 28.1 Å². The molecule has 0 bridgehead atoms. The fraction of sp³-hybridized carbons (Fsp3) is 0.259. The summed E-state index contributed by atoms with van der Waals surface area (Å²) in [6.45, 7) is 2.74. The molecule has 2 N–H and O–H groups in total. The number of carbonyl (C=O) groups excluding carboxylic acids is 1. The van der Waals surface area contributed by atoms with E-state index < -0.39 is 17.9 Å². The highest BCUT2D eigenvalue weighted by Crippen LogP contribution is 2.25. The first-order valence-electron chi connectivity index (χ1n) is 11.4. The lowest BCUT2D eigenvalue weighted by Crippen LogP contribution is -2.42. The number of hydrogen-bond donors (Lipinski definition) is 2. The van der Waals surface area contributed by atoms with E-state index in [2.05, 4.69) is 22.3 Å². The van der Waals surface area contributed by atoms with Gasteiger partial charge in [0.05, 0.1) is 15.6 Å². The topological polar surface area (TPSA) is 78.9 Å². The van der Waals surface area contributed by atoms with Crippen LogP contribution in [-0.4, -0.2) is 47.1 Å². The van der Waals surface area contributed by atoms with Crippen molar-refractivity contribution in [3.63, 3.8) is 0 Å². The number of halogens is 2. The van der Waals surface area contributed by atoms with Gasteiger partial charge in [-0.05, 0) is 41.8 Å². The summed E-state index contributed by atoms with van der Waals surface area (Å²) in [4.78, 5) is 26.8. The molecule has 3 aromatic carbocycles. The van der Waals surface area contributed by atoms with Gasteiger partial charge in [0.15, 0.2) is 0 Å². The number of nitrogens with one attached hydrogen (secondary N) is 1. The Morgan fingerprint density at radius 3 is 2.31 bits per heavy atom. The minimum absolute atomic E-state index is 0.0590. The van der Waals surface area contributed by atoms with Gasteiger partial charge in [0, 0.05) is 26.1 Å². The second kappa shape index (κ2) is 11.6. The Kier molecular flexibility index (Phi) is 8.29. The highest BCUT2D eigenvalue weighted by molar-refractivity contribution is 6.39. The maximum Gasteiger partial charge on any atom is 0.326 e. The van der Waals surface area contributed by atoms with Gasteiger partial charge < -0.3 is 15.2 Å². The number of carboxylic acids is 1. The molecule has 1 aliphatic rings. The van der Waals surface area contributed by atoms with Crippen LogP contribution in [0.2, 0.25) is 10.0 Å². The Morgan fingerprint density at radius 1 is 0.971 bits per heavy atom. The fourth-order valence-electron chi connectivity index (χ4n) is 4.16. The van der Waals surface area contributed by atoms with E-state index in [1.54, 1.807) is 6.07 Å². The van der Waals surface area contributed by atoms with Gasteiger partial charge in [-0.1, -0.05) is 71.7 Å². The Balaban J connectivity index is 1.32. The lowest BCUT2D eigenvalue weighted by Gasteiger charge is -2.18. The largest absolute Gasteiger partial charge is 0.489 e. The second-order valence-electron chi connectivity index (χ2n) is 8.56. The molecule has 3 aromatic rings. The molecule has 1 heterocycles. The summed E-state index contributed by atoms with van der Waals surface area (Å²) >= 11 is 12.1. The molecule has 35 heavy (non-hydrogen) atoms. The number of carboxylic acid groups (broad SMARTS) is 1. The number of aliphatic carboxylic acids is 1. The Labute approximate surface area is 214 Å². The van der Waals surface area contributed by atoms with Crippen LogP contribution in [0.4, 0.5) is 0 Å². The highest BCUT2D eigenvalue weighted by Gasteiger charge is 2.25. The molecule has 0 radical (unpaired) electrons. The SMILES string of the molecule is O=C(N[C@@H](Cc1ccc(O[C@H]2CCN(Cc3ccccc3)C2)cc1)C(=O)O)c1c(Cl)cccc1Cl. The molecule has 4 rings (SSSR count). The molecular weight excluding hydrogens is 487 g/mol. The fourth-order valence-corrected chi connectivity index (χ4v) is 4.73. The highest BCUT2D eigenvalue weighted by atomic mass is 35.5. The molecule has 1 fully saturated rings. The standard InChI is InChI=1S/C27H26Cl2N2O4/c28-22-7-4-8-23(29)25(22)26(32)30-24(27(33)34)15-18-9-11-20(12-10-18)35-21-13-14-31(17-21)16-19-5-2-1-3-6-19/h1-12,21,24H,13-17H2,(H,30,32)(H,33,34)/t21-,24-/m0/s1. The van der Waals surface area contributed by atoms with Crippen LogP contribution >= 0.6 is 23.2 Å². The van der Waals surface area contributed by atoms with Crippen molar-refractivity contribution in [2.24, 2.45) is 0 Å². The van der Waals surface area contributed by atoms with E-state index in [4.69, 9.17) is 27.9 Å². The van der Waals surface area contributed by atoms with E-state index >= 15 is 0 Å². The molecule has 0 aromatic heterocycles. The number of hydrogen-bond acceptors (Lipinski definition) is 4. The van der Waals surface area contributed by atoms with E-state index in [0.29, 0.717) is 0 Å². The second-order valence-corrected chi connectivity index (χ2v) is 9.37. The van der Waals surface area contributed by atoms with Crippen molar-refractivity contribution in [2.75, 3.05) is 13.1 Å². The zero-order valence-corrected chi connectivity index (χ0v) is 20.5. The van der Waals surface area contributed by atoms with Crippen LogP contribution in [0, 0.1) is 0 Å². The predicted molar refractivity (Wildman–Crippen MR) is 136 cm³/mol. The molecule has 1 aliphatic heterocycles. The number of benzene rings is 3. The Hall–Kier alpha value is -3.06. The van der Waals surface area contributed by atoms with E-state index in [1.165, 1.54) is 17.7 Å². The zero-order valence-electron chi connectivity index (χ0n) is 19.0. The van der Waals surface area contributed by atoms with Gasteiger partial charge in [-0.25, -0.2) is 4.79 Å². The Bertz CT molecular complexity index is 1150. The molecule has 1 amide bonds. The van der Waals surface area contributed by atoms with Gasteiger partial charge in [-0.3, -0.25) is 9.69 Å². The van der Waals surface area contributed by atoms with Crippen LogP contribution < -0.4 is 10.1 Å². The van der Waals surface area contributed by atoms with Crippen molar-refractivity contribution < 1.29 is 19.4 Å². The molecule has 0 saturated carbocycles. The van der Waals surface area contributed by atoms with Gasteiger partial charge in [-0.2, -0.15) is 0 Å². The van der Waals surface area contributed by atoms with Crippen molar-refractivity contribution in [1.29, 1.82) is 0 Å². The first-order valence-corrected chi connectivity index (χ1v) is 12.1. The van der Waals surface area contributed by atoms with E-state index in [0.717, 1.165) is 37.4 Å². The summed E-state index contributed by atoms with van der Waals surface area (Å²) in [7, 11) is 0.